The fraction of sp³-hybridized carbons (Fsp3) is 0.214. The molecule has 3 aromatic rings. The summed E-state index contributed by atoms with van der Waals surface area (Å²) in [4.78, 5) is 15.8. The normalized spacial score (nSPS) is 10.7. The van der Waals surface area contributed by atoms with Gasteiger partial charge in [0.1, 0.15) is 18.0 Å². The highest BCUT2D eigenvalue weighted by molar-refractivity contribution is 5.88. The van der Waals surface area contributed by atoms with Gasteiger partial charge in [0.2, 0.25) is 0 Å². The number of rotatable bonds is 5. The van der Waals surface area contributed by atoms with Crippen LogP contribution in [0.25, 0.3) is 10.9 Å². The molecule has 96 valence electrons. The third-order valence-corrected chi connectivity index (χ3v) is 2.98. The van der Waals surface area contributed by atoms with Gasteiger partial charge in [0.15, 0.2) is 0 Å². The number of nitrogens with one attached hydrogen (secondary N) is 2. The van der Waals surface area contributed by atoms with Gasteiger partial charge in [-0.05, 0) is 18.6 Å². The molecule has 0 aliphatic carbocycles. The number of hydrogen-bond acceptors (Lipinski definition) is 4. The van der Waals surface area contributed by atoms with Crippen LogP contribution >= 0.6 is 0 Å². The maximum atomic E-state index is 4.30. The summed E-state index contributed by atoms with van der Waals surface area (Å²) in [6, 6.07) is 8.00. The minimum Gasteiger partial charge on any atom is -0.369 e. The lowest BCUT2D eigenvalue weighted by Gasteiger charge is -2.07. The van der Waals surface area contributed by atoms with E-state index in [2.05, 4.69) is 25.3 Å². The third kappa shape index (κ3) is 2.70. The number of aromatic nitrogens is 4. The Morgan fingerprint density at radius 2 is 2.05 bits per heavy atom. The number of aromatic amines is 1. The summed E-state index contributed by atoms with van der Waals surface area (Å²) in [5.74, 6) is 1.92. The van der Waals surface area contributed by atoms with Crippen molar-refractivity contribution >= 4 is 16.7 Å². The highest BCUT2D eigenvalue weighted by Gasteiger charge is 2.02. The second kappa shape index (κ2) is 5.48. The van der Waals surface area contributed by atoms with Crippen molar-refractivity contribution < 1.29 is 0 Å². The maximum Gasteiger partial charge on any atom is 0.137 e. The molecule has 0 amide bonds. The quantitative estimate of drug-likeness (QED) is 0.685. The van der Waals surface area contributed by atoms with E-state index in [0.717, 1.165) is 41.9 Å². The van der Waals surface area contributed by atoms with Crippen molar-refractivity contribution in [2.45, 2.75) is 12.8 Å². The number of H-pyrrole nitrogens is 1. The molecule has 2 N–H and O–H groups in total. The molecule has 0 fully saturated rings. The number of para-hydroxylation sites is 1. The first-order valence-electron chi connectivity index (χ1n) is 6.35. The zero-order valence-electron chi connectivity index (χ0n) is 10.5. The molecule has 0 radical (unpaired) electrons. The summed E-state index contributed by atoms with van der Waals surface area (Å²) in [5.41, 5.74) is 0.964. The molecule has 0 saturated heterocycles. The predicted molar refractivity (Wildman–Crippen MR) is 74.9 cm³/mol. The van der Waals surface area contributed by atoms with Gasteiger partial charge < -0.3 is 10.3 Å². The molecular weight excluding hydrogens is 238 g/mol. The van der Waals surface area contributed by atoms with Crippen LogP contribution in [0.15, 0.2) is 43.0 Å². The minimum absolute atomic E-state index is 0.863. The monoisotopic (exact) mass is 253 g/mol. The average Bonchev–Trinajstić information content (AvgIpc) is 2.97. The Bertz CT molecular complexity index is 643. The summed E-state index contributed by atoms with van der Waals surface area (Å²) in [7, 11) is 0. The Balaban J connectivity index is 1.62. The van der Waals surface area contributed by atoms with Crippen molar-refractivity contribution in [2.24, 2.45) is 0 Å². The molecule has 2 heterocycles. The molecule has 1 aromatic carbocycles. The number of hydrogen-bond donors (Lipinski definition) is 2. The highest BCUT2D eigenvalue weighted by Crippen LogP contribution is 2.18. The van der Waals surface area contributed by atoms with E-state index in [1.54, 1.807) is 12.5 Å². The van der Waals surface area contributed by atoms with Crippen molar-refractivity contribution in [1.82, 2.24) is 19.9 Å². The van der Waals surface area contributed by atoms with E-state index < -0.39 is 0 Å². The first-order valence-corrected chi connectivity index (χ1v) is 6.35. The average molecular weight is 253 g/mol. The molecule has 0 atom stereocenters. The molecule has 19 heavy (non-hydrogen) atoms. The van der Waals surface area contributed by atoms with Gasteiger partial charge in [-0.1, -0.05) is 12.1 Å². The van der Waals surface area contributed by atoms with Gasteiger partial charge in [0.05, 0.1) is 5.52 Å². The standard InChI is InChI=1S/C14H15N5/c1-2-5-12-11(4-1)14(19-10-18-12)17-7-3-6-13-15-8-9-16-13/h1-2,4-5,8-10H,3,6-7H2,(H,15,16)(H,17,18,19). The molecule has 3 rings (SSSR count). The van der Waals surface area contributed by atoms with Crippen LogP contribution in [0.4, 0.5) is 5.82 Å². The lowest BCUT2D eigenvalue weighted by atomic mass is 10.2. The summed E-state index contributed by atoms with van der Waals surface area (Å²) in [5, 5.41) is 4.42. The topological polar surface area (TPSA) is 66.5 Å². The van der Waals surface area contributed by atoms with Crippen molar-refractivity contribution in [3.63, 3.8) is 0 Å². The second-order valence-corrected chi connectivity index (χ2v) is 4.31. The summed E-state index contributed by atoms with van der Waals surface area (Å²) in [6.45, 7) is 0.863. The van der Waals surface area contributed by atoms with Crippen LogP contribution in [0.2, 0.25) is 0 Å². The zero-order chi connectivity index (χ0) is 12.9. The lowest BCUT2D eigenvalue weighted by molar-refractivity contribution is 0.814. The fourth-order valence-electron chi connectivity index (χ4n) is 2.04. The summed E-state index contributed by atoms with van der Waals surface area (Å²) >= 11 is 0. The molecule has 0 unspecified atom stereocenters. The zero-order valence-corrected chi connectivity index (χ0v) is 10.5. The number of imidazole rings is 1. The van der Waals surface area contributed by atoms with E-state index in [-0.39, 0.29) is 0 Å². The predicted octanol–water partition coefficient (Wildman–Crippen LogP) is 2.40. The van der Waals surface area contributed by atoms with Crippen molar-refractivity contribution in [2.75, 3.05) is 11.9 Å². The van der Waals surface area contributed by atoms with Gasteiger partial charge in [0.25, 0.3) is 0 Å². The molecule has 5 nitrogen and oxygen atoms in total. The van der Waals surface area contributed by atoms with Crippen LogP contribution in [-0.4, -0.2) is 26.5 Å². The largest absolute Gasteiger partial charge is 0.369 e. The van der Waals surface area contributed by atoms with E-state index in [4.69, 9.17) is 0 Å². The lowest BCUT2D eigenvalue weighted by Crippen LogP contribution is -2.06. The molecule has 5 heteroatoms. The third-order valence-electron chi connectivity index (χ3n) is 2.98. The fourth-order valence-corrected chi connectivity index (χ4v) is 2.04. The number of anilines is 1. The van der Waals surface area contributed by atoms with Crippen molar-refractivity contribution in [3.05, 3.63) is 48.8 Å². The van der Waals surface area contributed by atoms with E-state index >= 15 is 0 Å². The van der Waals surface area contributed by atoms with E-state index in [0.29, 0.717) is 0 Å². The number of nitrogens with zero attached hydrogens (tertiary/aromatic N) is 3. The molecule has 0 saturated carbocycles. The first kappa shape index (κ1) is 11.6. The van der Waals surface area contributed by atoms with E-state index in [1.807, 2.05) is 30.5 Å². The Labute approximate surface area is 111 Å². The summed E-state index contributed by atoms with van der Waals surface area (Å²) < 4.78 is 0. The van der Waals surface area contributed by atoms with Crippen LogP contribution in [0.5, 0.6) is 0 Å². The van der Waals surface area contributed by atoms with Gasteiger partial charge in [-0.15, -0.1) is 0 Å². The number of aryl methyl sites for hydroxylation is 1. The highest BCUT2D eigenvalue weighted by atomic mass is 15.0. The van der Waals surface area contributed by atoms with Crippen LogP contribution in [-0.2, 0) is 6.42 Å². The van der Waals surface area contributed by atoms with Crippen molar-refractivity contribution in [1.29, 1.82) is 0 Å². The SMILES string of the molecule is c1ccc2c(NCCCc3ncc[nH]3)ncnc2c1. The molecule has 0 spiro atoms. The van der Waals surface area contributed by atoms with Crippen LogP contribution in [0, 0.1) is 0 Å². The van der Waals surface area contributed by atoms with E-state index in [1.165, 1.54) is 0 Å². The molecule has 0 aliphatic heterocycles. The summed E-state index contributed by atoms with van der Waals surface area (Å²) in [6.07, 6.45) is 7.16. The van der Waals surface area contributed by atoms with Crippen LogP contribution < -0.4 is 5.32 Å². The van der Waals surface area contributed by atoms with Crippen LogP contribution in [0.1, 0.15) is 12.2 Å². The van der Waals surface area contributed by atoms with Crippen molar-refractivity contribution in [3.8, 4) is 0 Å². The van der Waals surface area contributed by atoms with Crippen LogP contribution in [0.3, 0.4) is 0 Å². The van der Waals surface area contributed by atoms with Gasteiger partial charge in [0, 0.05) is 30.7 Å². The second-order valence-electron chi connectivity index (χ2n) is 4.31. The first-order chi connectivity index (χ1) is 9.43. The Morgan fingerprint density at radius 3 is 2.95 bits per heavy atom. The molecule has 2 aromatic heterocycles. The van der Waals surface area contributed by atoms with Gasteiger partial charge in [-0.25, -0.2) is 15.0 Å². The number of benzene rings is 1. The van der Waals surface area contributed by atoms with Gasteiger partial charge in [-0.3, -0.25) is 0 Å². The Morgan fingerprint density at radius 1 is 1.11 bits per heavy atom. The molecule has 0 aliphatic rings. The smallest absolute Gasteiger partial charge is 0.137 e. The minimum atomic E-state index is 0.863. The molecular formula is C14H15N5. The number of fused-ring (bicyclic) bond motifs is 1. The Kier molecular flexibility index (Phi) is 3.36. The van der Waals surface area contributed by atoms with E-state index in [9.17, 15) is 0 Å². The van der Waals surface area contributed by atoms with Gasteiger partial charge in [-0.2, -0.15) is 0 Å². The molecule has 0 bridgehead atoms. The maximum absolute atomic E-state index is 4.30. The van der Waals surface area contributed by atoms with Gasteiger partial charge >= 0.3 is 0 Å². The Hall–Kier alpha value is -2.43.